The first kappa shape index (κ1) is 19.7. The Balaban J connectivity index is 2.92. The molecule has 0 radical (unpaired) electrons. The molecule has 1 N–H and O–H groups in total. The molecule has 7 heteroatoms. The van der Waals surface area contributed by atoms with Gasteiger partial charge in [0.05, 0.1) is 25.3 Å². The maximum atomic E-state index is 13.0. The minimum atomic E-state index is -4.57. The zero-order chi connectivity index (χ0) is 17.8. The third-order valence-electron chi connectivity index (χ3n) is 3.40. The molecular formula is C16H21F3N2SSi. The van der Waals surface area contributed by atoms with Crippen LogP contribution in [0.2, 0.25) is 19.1 Å². The normalized spacial score (nSPS) is 12.1. The standard InChI is InChI=1S/C16H21F3N2SSi/c1-11(2)9-23(3,4)10-21-15(22)12-5-6-13(8-20)14(7-12)16(17,18)19/h5-7,11H,9-10H2,1-4H3,(H,21,22). The smallest absolute Gasteiger partial charge is 0.379 e. The quantitative estimate of drug-likeness (QED) is 0.610. The van der Waals surface area contributed by atoms with Gasteiger partial charge in [-0.25, -0.2) is 0 Å². The van der Waals surface area contributed by atoms with E-state index in [1.807, 2.05) is 0 Å². The number of hydrogen-bond acceptors (Lipinski definition) is 2. The number of alkyl halides is 3. The van der Waals surface area contributed by atoms with Crippen molar-refractivity contribution in [3.8, 4) is 6.07 Å². The number of hydrogen-bond donors (Lipinski definition) is 1. The Bertz CT molecular complexity index is 619. The number of thiocarbonyl (C=S) groups is 1. The molecule has 126 valence electrons. The van der Waals surface area contributed by atoms with Gasteiger partial charge in [0.1, 0.15) is 4.99 Å². The number of benzene rings is 1. The summed E-state index contributed by atoms with van der Waals surface area (Å²) in [6.07, 6.45) is -3.85. The second kappa shape index (κ2) is 7.45. The van der Waals surface area contributed by atoms with Gasteiger partial charge in [0, 0.05) is 11.7 Å². The summed E-state index contributed by atoms with van der Waals surface area (Å²) < 4.78 is 39.0. The van der Waals surface area contributed by atoms with Crippen LogP contribution in [0.15, 0.2) is 18.2 Å². The molecule has 2 nitrogen and oxygen atoms in total. The van der Waals surface area contributed by atoms with Crippen LogP contribution in [0, 0.1) is 17.2 Å². The summed E-state index contributed by atoms with van der Waals surface area (Å²) in [5.41, 5.74) is -1.04. The van der Waals surface area contributed by atoms with E-state index >= 15 is 0 Å². The molecule has 1 aromatic rings. The van der Waals surface area contributed by atoms with Gasteiger partial charge in [0.15, 0.2) is 0 Å². The Morgan fingerprint density at radius 3 is 2.43 bits per heavy atom. The van der Waals surface area contributed by atoms with Crippen molar-refractivity contribution in [2.24, 2.45) is 5.92 Å². The lowest BCUT2D eigenvalue weighted by atomic mass is 10.0. The topological polar surface area (TPSA) is 35.8 Å². The zero-order valence-electron chi connectivity index (χ0n) is 13.7. The molecule has 1 aromatic carbocycles. The van der Waals surface area contributed by atoms with Crippen LogP contribution in [-0.4, -0.2) is 19.2 Å². The van der Waals surface area contributed by atoms with Crippen LogP contribution in [0.1, 0.15) is 30.5 Å². The fraction of sp³-hybridized carbons (Fsp3) is 0.500. The van der Waals surface area contributed by atoms with Crippen molar-refractivity contribution < 1.29 is 13.2 Å². The summed E-state index contributed by atoms with van der Waals surface area (Å²) in [4.78, 5) is 0.296. The lowest BCUT2D eigenvalue weighted by molar-refractivity contribution is -0.137. The van der Waals surface area contributed by atoms with E-state index in [1.54, 1.807) is 6.07 Å². The average molecular weight is 359 g/mol. The lowest BCUT2D eigenvalue weighted by Crippen LogP contribution is -2.42. The first-order valence-electron chi connectivity index (χ1n) is 7.36. The molecule has 0 saturated heterocycles. The van der Waals surface area contributed by atoms with Crippen LogP contribution in [-0.2, 0) is 6.18 Å². The molecule has 0 unspecified atom stereocenters. The van der Waals surface area contributed by atoms with Gasteiger partial charge in [-0.1, -0.05) is 51.3 Å². The fourth-order valence-electron chi connectivity index (χ4n) is 2.62. The minimum Gasteiger partial charge on any atom is -0.379 e. The summed E-state index contributed by atoms with van der Waals surface area (Å²) in [5, 5.41) is 11.9. The van der Waals surface area contributed by atoms with Gasteiger partial charge in [-0.15, -0.1) is 0 Å². The highest BCUT2D eigenvalue weighted by atomic mass is 32.1. The molecule has 0 atom stereocenters. The highest BCUT2D eigenvalue weighted by Gasteiger charge is 2.34. The van der Waals surface area contributed by atoms with E-state index in [4.69, 9.17) is 17.5 Å². The minimum absolute atomic E-state index is 0.292. The molecule has 0 aromatic heterocycles. The van der Waals surface area contributed by atoms with E-state index in [9.17, 15) is 13.2 Å². The van der Waals surface area contributed by atoms with Gasteiger partial charge in [-0.05, 0) is 18.1 Å². The van der Waals surface area contributed by atoms with Gasteiger partial charge in [-0.3, -0.25) is 0 Å². The SMILES string of the molecule is CC(C)C[Si](C)(C)CNC(=S)c1ccc(C#N)c(C(F)(F)F)c1. The Morgan fingerprint density at radius 2 is 1.96 bits per heavy atom. The molecule has 0 aliphatic heterocycles. The van der Waals surface area contributed by atoms with Crippen LogP contribution in [0.4, 0.5) is 13.2 Å². The fourth-order valence-corrected chi connectivity index (χ4v) is 5.95. The zero-order valence-corrected chi connectivity index (χ0v) is 15.5. The van der Waals surface area contributed by atoms with E-state index in [0.29, 0.717) is 22.6 Å². The van der Waals surface area contributed by atoms with Crippen molar-refractivity contribution >= 4 is 25.3 Å². The second-order valence-electron chi connectivity index (χ2n) is 6.81. The third kappa shape index (κ3) is 5.96. The van der Waals surface area contributed by atoms with Crippen LogP contribution in [0.3, 0.4) is 0 Å². The lowest BCUT2D eigenvalue weighted by Gasteiger charge is -2.25. The number of nitrogens with one attached hydrogen (secondary N) is 1. The molecule has 0 bridgehead atoms. The van der Waals surface area contributed by atoms with Gasteiger partial charge in [0.2, 0.25) is 0 Å². The van der Waals surface area contributed by atoms with E-state index in [0.717, 1.165) is 12.1 Å². The first-order valence-corrected chi connectivity index (χ1v) is 11.2. The Hall–Kier alpha value is -1.39. The number of nitriles is 1. The van der Waals surface area contributed by atoms with Gasteiger partial charge in [0.25, 0.3) is 0 Å². The van der Waals surface area contributed by atoms with E-state index in [2.05, 4.69) is 32.3 Å². The van der Waals surface area contributed by atoms with Gasteiger partial charge < -0.3 is 5.32 Å². The molecule has 0 heterocycles. The molecule has 1 rings (SSSR count). The van der Waals surface area contributed by atoms with Gasteiger partial charge >= 0.3 is 6.18 Å². The molecule has 0 spiro atoms. The Morgan fingerprint density at radius 1 is 1.35 bits per heavy atom. The maximum Gasteiger partial charge on any atom is 0.417 e. The van der Waals surface area contributed by atoms with Crippen molar-refractivity contribution in [3.05, 3.63) is 34.9 Å². The second-order valence-corrected chi connectivity index (χ2v) is 12.3. The summed E-state index contributed by atoms with van der Waals surface area (Å²) in [6, 6.07) is 6.26. The summed E-state index contributed by atoms with van der Waals surface area (Å²) in [7, 11) is -1.50. The summed E-state index contributed by atoms with van der Waals surface area (Å²) in [6.45, 7) is 8.76. The van der Waals surface area contributed by atoms with E-state index in [-0.39, 0.29) is 0 Å². The number of rotatable bonds is 5. The number of nitrogens with zero attached hydrogens (tertiary/aromatic N) is 1. The third-order valence-corrected chi connectivity index (χ3v) is 6.83. The highest BCUT2D eigenvalue weighted by molar-refractivity contribution is 7.80. The molecule has 0 amide bonds. The van der Waals surface area contributed by atoms with Crippen LogP contribution >= 0.6 is 12.2 Å². The van der Waals surface area contributed by atoms with Crippen molar-refractivity contribution in [2.75, 3.05) is 6.17 Å². The predicted molar refractivity (Wildman–Crippen MR) is 93.0 cm³/mol. The van der Waals surface area contributed by atoms with Crippen LogP contribution in [0.5, 0.6) is 0 Å². The van der Waals surface area contributed by atoms with Crippen LogP contribution < -0.4 is 5.32 Å². The van der Waals surface area contributed by atoms with E-state index in [1.165, 1.54) is 12.1 Å². The Kier molecular flexibility index (Phi) is 6.37. The summed E-state index contributed by atoms with van der Waals surface area (Å²) in [5.74, 6) is 0.582. The van der Waals surface area contributed by atoms with Crippen molar-refractivity contribution in [3.63, 3.8) is 0 Å². The van der Waals surface area contributed by atoms with Crippen molar-refractivity contribution in [1.29, 1.82) is 5.26 Å². The molecule has 0 saturated carbocycles. The monoisotopic (exact) mass is 358 g/mol. The van der Waals surface area contributed by atoms with Crippen molar-refractivity contribution in [1.82, 2.24) is 5.32 Å². The maximum absolute atomic E-state index is 13.0. The van der Waals surface area contributed by atoms with Crippen molar-refractivity contribution in [2.45, 2.75) is 39.2 Å². The van der Waals surface area contributed by atoms with Gasteiger partial charge in [-0.2, -0.15) is 18.4 Å². The van der Waals surface area contributed by atoms with E-state index < -0.39 is 25.4 Å². The molecule has 0 fully saturated rings. The highest BCUT2D eigenvalue weighted by Crippen LogP contribution is 2.32. The largest absolute Gasteiger partial charge is 0.417 e. The molecular weight excluding hydrogens is 337 g/mol. The average Bonchev–Trinajstić information content (AvgIpc) is 2.41. The molecule has 0 aliphatic carbocycles. The number of halogens is 3. The first-order chi connectivity index (χ1) is 10.5. The molecule has 0 aliphatic rings. The van der Waals surface area contributed by atoms with Crippen LogP contribution in [0.25, 0.3) is 0 Å². The Labute approximate surface area is 141 Å². The predicted octanol–water partition coefficient (Wildman–Crippen LogP) is 4.75. The summed E-state index contributed by atoms with van der Waals surface area (Å²) >= 11 is 5.23. The molecule has 23 heavy (non-hydrogen) atoms.